The first kappa shape index (κ1) is 12.5. The lowest BCUT2D eigenvalue weighted by atomic mass is 10.2. The second kappa shape index (κ2) is 4.95. The monoisotopic (exact) mass is 222 g/mol. The number of benzene rings is 1. The molecule has 1 nitrogen and oxygen atoms in total. The van der Waals surface area contributed by atoms with Crippen molar-refractivity contribution in [2.75, 3.05) is 0 Å². The zero-order valence-corrected chi connectivity index (χ0v) is 11.2. The molecule has 0 amide bonds. The predicted octanol–water partition coefficient (Wildman–Crippen LogP) is 2.76. The molecule has 15 heavy (non-hydrogen) atoms. The quantitative estimate of drug-likeness (QED) is 0.777. The van der Waals surface area contributed by atoms with Crippen LogP contribution in [-0.2, 0) is 0 Å². The van der Waals surface area contributed by atoms with Gasteiger partial charge < -0.3 is 5.11 Å². The van der Waals surface area contributed by atoms with Gasteiger partial charge in [0, 0.05) is 0 Å². The fourth-order valence-corrected chi connectivity index (χ4v) is 4.51. The summed E-state index contributed by atoms with van der Waals surface area (Å²) in [4.78, 5) is 0. The van der Waals surface area contributed by atoms with Crippen molar-refractivity contribution in [2.45, 2.75) is 45.0 Å². The fraction of sp³-hybridized carbons (Fsp3) is 0.538. The summed E-state index contributed by atoms with van der Waals surface area (Å²) in [5, 5.41) is 10.9. The normalized spacial score (nSPS) is 16.1. The molecule has 0 aliphatic carbocycles. The fourth-order valence-electron chi connectivity index (χ4n) is 1.96. The average Bonchev–Trinajstić information content (AvgIpc) is 2.18. The Morgan fingerprint density at radius 1 is 1.13 bits per heavy atom. The molecule has 0 aliphatic rings. The SMILES string of the molecule is C[C@H](C[C@@H](C)O)[Si](C)(C)c1ccccc1. The molecular formula is C13H22OSi. The third-order valence-electron chi connectivity index (χ3n) is 3.44. The van der Waals surface area contributed by atoms with Crippen LogP contribution < -0.4 is 5.19 Å². The van der Waals surface area contributed by atoms with Crippen LogP contribution in [0.2, 0.25) is 18.6 Å². The van der Waals surface area contributed by atoms with Gasteiger partial charge in [0.25, 0.3) is 0 Å². The van der Waals surface area contributed by atoms with Gasteiger partial charge in [-0.15, -0.1) is 0 Å². The second-order valence-electron chi connectivity index (χ2n) is 5.07. The summed E-state index contributed by atoms with van der Waals surface area (Å²) in [5.41, 5.74) is 0.611. The van der Waals surface area contributed by atoms with Crippen molar-refractivity contribution in [2.24, 2.45) is 0 Å². The molecular weight excluding hydrogens is 200 g/mol. The molecule has 0 heterocycles. The van der Waals surface area contributed by atoms with Crippen LogP contribution in [0.4, 0.5) is 0 Å². The molecule has 0 spiro atoms. The summed E-state index contributed by atoms with van der Waals surface area (Å²) in [5.74, 6) is 0. The van der Waals surface area contributed by atoms with Gasteiger partial charge in [-0.2, -0.15) is 0 Å². The highest BCUT2D eigenvalue weighted by Gasteiger charge is 2.30. The van der Waals surface area contributed by atoms with E-state index in [0.717, 1.165) is 6.42 Å². The maximum Gasteiger partial charge on any atom is 0.0835 e. The van der Waals surface area contributed by atoms with E-state index in [0.29, 0.717) is 5.54 Å². The topological polar surface area (TPSA) is 20.2 Å². The van der Waals surface area contributed by atoms with Gasteiger partial charge in [0.05, 0.1) is 14.2 Å². The molecule has 0 saturated heterocycles. The predicted molar refractivity (Wildman–Crippen MR) is 69.3 cm³/mol. The van der Waals surface area contributed by atoms with E-state index < -0.39 is 8.07 Å². The molecule has 1 aromatic carbocycles. The van der Waals surface area contributed by atoms with Crippen molar-refractivity contribution in [3.8, 4) is 0 Å². The number of rotatable bonds is 4. The summed E-state index contributed by atoms with van der Waals surface area (Å²) in [7, 11) is -1.41. The van der Waals surface area contributed by atoms with E-state index in [1.807, 2.05) is 6.92 Å². The number of hydrogen-bond donors (Lipinski definition) is 1. The van der Waals surface area contributed by atoms with E-state index in [1.165, 1.54) is 5.19 Å². The van der Waals surface area contributed by atoms with Gasteiger partial charge in [-0.1, -0.05) is 55.5 Å². The Bertz CT molecular complexity index is 293. The molecule has 2 heteroatoms. The van der Waals surface area contributed by atoms with Crippen LogP contribution in [0.3, 0.4) is 0 Å². The summed E-state index contributed by atoms with van der Waals surface area (Å²) in [6, 6.07) is 10.7. The van der Waals surface area contributed by atoms with E-state index in [4.69, 9.17) is 0 Å². The molecule has 2 atom stereocenters. The largest absolute Gasteiger partial charge is 0.393 e. The molecule has 84 valence electrons. The van der Waals surface area contributed by atoms with E-state index in [2.05, 4.69) is 50.3 Å². The van der Waals surface area contributed by atoms with Crippen molar-refractivity contribution < 1.29 is 5.11 Å². The minimum atomic E-state index is -1.41. The molecule has 0 aromatic heterocycles. The highest BCUT2D eigenvalue weighted by atomic mass is 28.3. The van der Waals surface area contributed by atoms with Crippen LogP contribution in [0.1, 0.15) is 20.3 Å². The summed E-state index contributed by atoms with van der Waals surface area (Å²) >= 11 is 0. The molecule has 1 rings (SSSR count). The van der Waals surface area contributed by atoms with Crippen LogP contribution in [0, 0.1) is 0 Å². The van der Waals surface area contributed by atoms with Gasteiger partial charge in [0.2, 0.25) is 0 Å². The Morgan fingerprint density at radius 3 is 2.13 bits per heavy atom. The van der Waals surface area contributed by atoms with Crippen LogP contribution in [0.25, 0.3) is 0 Å². The van der Waals surface area contributed by atoms with Crippen molar-refractivity contribution in [3.05, 3.63) is 30.3 Å². The van der Waals surface area contributed by atoms with Crippen LogP contribution in [0.5, 0.6) is 0 Å². The molecule has 1 N–H and O–H groups in total. The number of aliphatic hydroxyl groups is 1. The van der Waals surface area contributed by atoms with Crippen LogP contribution in [0.15, 0.2) is 30.3 Å². The van der Waals surface area contributed by atoms with Gasteiger partial charge in [-0.05, 0) is 18.9 Å². The Hall–Kier alpha value is -0.603. The first-order valence-corrected chi connectivity index (χ1v) is 8.76. The molecule has 1 aromatic rings. The number of aliphatic hydroxyl groups excluding tert-OH is 1. The Kier molecular flexibility index (Phi) is 4.11. The minimum absolute atomic E-state index is 0.185. The van der Waals surface area contributed by atoms with Gasteiger partial charge >= 0.3 is 0 Å². The molecule has 0 saturated carbocycles. The van der Waals surface area contributed by atoms with E-state index >= 15 is 0 Å². The highest BCUT2D eigenvalue weighted by Crippen LogP contribution is 2.25. The summed E-state index contributed by atoms with van der Waals surface area (Å²) < 4.78 is 0. The minimum Gasteiger partial charge on any atom is -0.393 e. The van der Waals surface area contributed by atoms with E-state index in [-0.39, 0.29) is 6.10 Å². The van der Waals surface area contributed by atoms with Crippen LogP contribution in [-0.4, -0.2) is 19.3 Å². The Morgan fingerprint density at radius 2 is 1.67 bits per heavy atom. The molecule has 0 unspecified atom stereocenters. The lowest BCUT2D eigenvalue weighted by Gasteiger charge is -2.31. The van der Waals surface area contributed by atoms with Crippen LogP contribution >= 0.6 is 0 Å². The second-order valence-corrected chi connectivity index (χ2v) is 10.1. The van der Waals surface area contributed by atoms with Gasteiger partial charge in [-0.3, -0.25) is 0 Å². The molecule has 0 aliphatic heterocycles. The van der Waals surface area contributed by atoms with Gasteiger partial charge in [-0.25, -0.2) is 0 Å². The number of hydrogen-bond acceptors (Lipinski definition) is 1. The van der Waals surface area contributed by atoms with E-state index in [9.17, 15) is 5.11 Å². The lowest BCUT2D eigenvalue weighted by molar-refractivity contribution is 0.183. The third kappa shape index (κ3) is 3.18. The maximum atomic E-state index is 9.46. The lowest BCUT2D eigenvalue weighted by Crippen LogP contribution is -2.45. The van der Waals surface area contributed by atoms with Crippen molar-refractivity contribution >= 4 is 13.3 Å². The summed E-state index contributed by atoms with van der Waals surface area (Å²) in [6.07, 6.45) is 0.726. The zero-order valence-electron chi connectivity index (χ0n) is 10.2. The standard InChI is InChI=1S/C13H22OSi/c1-11(14)10-12(2)15(3,4)13-8-6-5-7-9-13/h5-9,11-12,14H,10H2,1-4H3/t11-,12-/m1/s1. The molecule has 0 radical (unpaired) electrons. The Balaban J connectivity index is 2.82. The Labute approximate surface area is 94.2 Å². The van der Waals surface area contributed by atoms with Gasteiger partial charge in [0.1, 0.15) is 0 Å². The van der Waals surface area contributed by atoms with Crippen molar-refractivity contribution in [1.82, 2.24) is 0 Å². The first-order chi connectivity index (χ1) is 6.94. The third-order valence-corrected chi connectivity index (χ3v) is 7.97. The average molecular weight is 222 g/mol. The van der Waals surface area contributed by atoms with Crippen molar-refractivity contribution in [3.63, 3.8) is 0 Å². The highest BCUT2D eigenvalue weighted by molar-refractivity contribution is 6.90. The zero-order chi connectivity index (χ0) is 11.5. The van der Waals surface area contributed by atoms with Crippen molar-refractivity contribution in [1.29, 1.82) is 0 Å². The van der Waals surface area contributed by atoms with Gasteiger partial charge in [0.15, 0.2) is 0 Å². The van der Waals surface area contributed by atoms with E-state index in [1.54, 1.807) is 0 Å². The summed E-state index contributed by atoms with van der Waals surface area (Å²) in [6.45, 7) is 8.92. The molecule has 0 bridgehead atoms. The maximum absolute atomic E-state index is 9.46. The first-order valence-electron chi connectivity index (χ1n) is 5.68. The molecule has 0 fully saturated rings. The smallest absolute Gasteiger partial charge is 0.0835 e.